The first-order valence-corrected chi connectivity index (χ1v) is 6.64. The van der Waals surface area contributed by atoms with Crippen LogP contribution in [-0.2, 0) is 6.54 Å². The fraction of sp³-hybridized carbons (Fsp3) is 0.600. The van der Waals surface area contributed by atoms with E-state index in [9.17, 15) is 5.11 Å². The molecule has 1 saturated carbocycles. The number of rotatable bonds is 5. The Hall–Kier alpha value is -0.860. The van der Waals surface area contributed by atoms with Gasteiger partial charge in [-0.3, -0.25) is 0 Å². The van der Waals surface area contributed by atoms with E-state index in [-0.39, 0.29) is 12.1 Å². The number of benzene rings is 1. The summed E-state index contributed by atoms with van der Waals surface area (Å²) in [5, 5.41) is 13.2. The maximum Gasteiger partial charge on any atom is 0.0613 e. The zero-order chi connectivity index (χ0) is 12.1. The van der Waals surface area contributed by atoms with Crippen molar-refractivity contribution in [2.75, 3.05) is 6.61 Å². The van der Waals surface area contributed by atoms with Crippen molar-refractivity contribution >= 4 is 0 Å². The molecule has 2 rings (SSSR count). The van der Waals surface area contributed by atoms with Crippen LogP contribution in [0, 0.1) is 5.92 Å². The Balaban J connectivity index is 1.95. The van der Waals surface area contributed by atoms with E-state index in [1.54, 1.807) is 0 Å². The predicted octanol–water partition coefficient (Wildman–Crippen LogP) is 2.72. The van der Waals surface area contributed by atoms with Gasteiger partial charge in [0.2, 0.25) is 0 Å². The first-order chi connectivity index (χ1) is 8.24. The van der Waals surface area contributed by atoms with E-state index >= 15 is 0 Å². The Bertz CT molecular complexity index is 332. The number of aliphatic hydroxyl groups excluding tert-OH is 1. The van der Waals surface area contributed by atoms with Gasteiger partial charge in [-0.05, 0) is 31.2 Å². The highest BCUT2D eigenvalue weighted by molar-refractivity contribution is 5.14. The molecule has 0 bridgehead atoms. The maximum absolute atomic E-state index is 9.66. The molecule has 1 atom stereocenters. The molecule has 2 heteroatoms. The number of aliphatic hydroxyl groups is 1. The number of hydrogen-bond donors (Lipinski definition) is 2. The molecule has 1 aromatic carbocycles. The quantitative estimate of drug-likeness (QED) is 0.819. The molecule has 1 unspecified atom stereocenters. The van der Waals surface area contributed by atoms with Crippen molar-refractivity contribution in [3.05, 3.63) is 35.9 Å². The minimum Gasteiger partial charge on any atom is -0.394 e. The first kappa shape index (κ1) is 12.6. The molecule has 1 aliphatic rings. The van der Waals surface area contributed by atoms with Gasteiger partial charge >= 0.3 is 0 Å². The van der Waals surface area contributed by atoms with E-state index in [0.29, 0.717) is 5.92 Å². The monoisotopic (exact) mass is 233 g/mol. The van der Waals surface area contributed by atoms with Crippen LogP contribution in [0.2, 0.25) is 0 Å². The Labute approximate surface area is 104 Å². The fourth-order valence-corrected chi connectivity index (χ4v) is 2.79. The van der Waals surface area contributed by atoms with Crippen LogP contribution in [0.5, 0.6) is 0 Å². The van der Waals surface area contributed by atoms with Gasteiger partial charge in [0.15, 0.2) is 0 Å². The normalized spacial score (nSPS) is 20.4. The SMILES string of the molecule is CC(CO)(NCc1ccccc1)C1CCCC1. The second-order valence-electron chi connectivity index (χ2n) is 5.40. The largest absolute Gasteiger partial charge is 0.394 e. The van der Waals surface area contributed by atoms with E-state index in [2.05, 4.69) is 36.5 Å². The van der Waals surface area contributed by atoms with E-state index in [1.807, 2.05) is 6.07 Å². The molecule has 94 valence electrons. The Kier molecular flexibility index (Phi) is 4.19. The molecule has 0 saturated heterocycles. The van der Waals surface area contributed by atoms with Gasteiger partial charge in [-0.15, -0.1) is 0 Å². The van der Waals surface area contributed by atoms with Crippen LogP contribution in [0.25, 0.3) is 0 Å². The summed E-state index contributed by atoms with van der Waals surface area (Å²) in [6.07, 6.45) is 5.12. The first-order valence-electron chi connectivity index (χ1n) is 6.64. The van der Waals surface area contributed by atoms with Gasteiger partial charge in [0, 0.05) is 12.1 Å². The van der Waals surface area contributed by atoms with Gasteiger partial charge < -0.3 is 10.4 Å². The summed E-state index contributed by atoms with van der Waals surface area (Å²) >= 11 is 0. The molecule has 0 radical (unpaired) electrons. The Morgan fingerprint density at radius 2 is 1.88 bits per heavy atom. The van der Waals surface area contributed by atoms with Crippen molar-refractivity contribution in [2.24, 2.45) is 5.92 Å². The Morgan fingerprint density at radius 3 is 2.47 bits per heavy atom. The lowest BCUT2D eigenvalue weighted by Gasteiger charge is -2.35. The van der Waals surface area contributed by atoms with Gasteiger partial charge in [-0.2, -0.15) is 0 Å². The second kappa shape index (κ2) is 5.65. The molecule has 0 heterocycles. The zero-order valence-electron chi connectivity index (χ0n) is 10.7. The third-order valence-electron chi connectivity index (χ3n) is 4.12. The molecule has 0 aliphatic heterocycles. The van der Waals surface area contributed by atoms with Crippen LogP contribution in [0.4, 0.5) is 0 Å². The topological polar surface area (TPSA) is 32.3 Å². The van der Waals surface area contributed by atoms with E-state index in [4.69, 9.17) is 0 Å². The van der Waals surface area contributed by atoms with Crippen LogP contribution in [0.15, 0.2) is 30.3 Å². The lowest BCUT2D eigenvalue weighted by molar-refractivity contribution is 0.118. The molecular formula is C15H23NO. The van der Waals surface area contributed by atoms with Gasteiger partial charge in [0.1, 0.15) is 0 Å². The van der Waals surface area contributed by atoms with Crippen LogP contribution in [-0.4, -0.2) is 17.3 Å². The smallest absolute Gasteiger partial charge is 0.0613 e. The average Bonchev–Trinajstić information content (AvgIpc) is 2.92. The summed E-state index contributed by atoms with van der Waals surface area (Å²) in [5.41, 5.74) is 1.16. The standard InChI is InChI=1S/C15H23NO/c1-15(12-17,14-9-5-6-10-14)16-11-13-7-3-2-4-8-13/h2-4,7-8,14,16-17H,5-6,9-12H2,1H3. The molecule has 1 aliphatic carbocycles. The third-order valence-corrected chi connectivity index (χ3v) is 4.12. The van der Waals surface area contributed by atoms with Crippen LogP contribution >= 0.6 is 0 Å². The van der Waals surface area contributed by atoms with Crippen LogP contribution < -0.4 is 5.32 Å². The minimum absolute atomic E-state index is 0.119. The summed E-state index contributed by atoms with van der Waals surface area (Å²) in [7, 11) is 0. The van der Waals surface area contributed by atoms with Gasteiger partial charge in [-0.25, -0.2) is 0 Å². The van der Waals surface area contributed by atoms with E-state index in [0.717, 1.165) is 6.54 Å². The van der Waals surface area contributed by atoms with E-state index < -0.39 is 0 Å². The molecule has 17 heavy (non-hydrogen) atoms. The highest BCUT2D eigenvalue weighted by atomic mass is 16.3. The second-order valence-corrected chi connectivity index (χ2v) is 5.40. The minimum atomic E-state index is -0.119. The molecule has 2 nitrogen and oxygen atoms in total. The highest BCUT2D eigenvalue weighted by Gasteiger charge is 2.34. The number of nitrogens with one attached hydrogen (secondary N) is 1. The summed E-state index contributed by atoms with van der Waals surface area (Å²) in [6.45, 7) is 3.23. The van der Waals surface area contributed by atoms with Crippen molar-refractivity contribution in [2.45, 2.75) is 44.7 Å². The maximum atomic E-state index is 9.66. The number of hydrogen-bond acceptors (Lipinski definition) is 2. The molecule has 1 aromatic rings. The lowest BCUT2D eigenvalue weighted by Crippen LogP contribution is -2.50. The highest BCUT2D eigenvalue weighted by Crippen LogP contribution is 2.33. The van der Waals surface area contributed by atoms with Crippen LogP contribution in [0.1, 0.15) is 38.2 Å². The predicted molar refractivity (Wildman–Crippen MR) is 70.7 cm³/mol. The van der Waals surface area contributed by atoms with Gasteiger partial charge in [0.25, 0.3) is 0 Å². The molecule has 1 fully saturated rings. The molecule has 2 N–H and O–H groups in total. The van der Waals surface area contributed by atoms with Gasteiger partial charge in [0.05, 0.1) is 6.61 Å². The van der Waals surface area contributed by atoms with Crippen molar-refractivity contribution in [3.63, 3.8) is 0 Å². The molecule has 0 spiro atoms. The zero-order valence-corrected chi connectivity index (χ0v) is 10.7. The van der Waals surface area contributed by atoms with Crippen molar-refractivity contribution in [1.82, 2.24) is 5.32 Å². The summed E-state index contributed by atoms with van der Waals surface area (Å²) in [4.78, 5) is 0. The van der Waals surface area contributed by atoms with E-state index in [1.165, 1.54) is 31.2 Å². The van der Waals surface area contributed by atoms with Crippen molar-refractivity contribution in [1.29, 1.82) is 0 Å². The third kappa shape index (κ3) is 3.08. The fourth-order valence-electron chi connectivity index (χ4n) is 2.79. The molecule has 0 amide bonds. The van der Waals surface area contributed by atoms with Crippen molar-refractivity contribution in [3.8, 4) is 0 Å². The Morgan fingerprint density at radius 1 is 1.24 bits per heavy atom. The van der Waals surface area contributed by atoms with Crippen molar-refractivity contribution < 1.29 is 5.11 Å². The summed E-state index contributed by atoms with van der Waals surface area (Å²) in [5.74, 6) is 0.621. The van der Waals surface area contributed by atoms with Gasteiger partial charge in [-0.1, -0.05) is 43.2 Å². The lowest BCUT2D eigenvalue weighted by atomic mass is 9.84. The summed E-state index contributed by atoms with van der Waals surface area (Å²) < 4.78 is 0. The molecular weight excluding hydrogens is 210 g/mol. The van der Waals surface area contributed by atoms with Crippen LogP contribution in [0.3, 0.4) is 0 Å². The molecule has 0 aromatic heterocycles. The average molecular weight is 233 g/mol. The summed E-state index contributed by atoms with van der Waals surface area (Å²) in [6, 6.07) is 10.4.